The van der Waals surface area contributed by atoms with Gasteiger partial charge in [-0.3, -0.25) is 0 Å². The minimum Gasteiger partial charge on any atom is -0.386 e. The summed E-state index contributed by atoms with van der Waals surface area (Å²) in [6.45, 7) is 0. The fraction of sp³-hybridized carbons (Fsp3) is 0.750. The Morgan fingerprint density at radius 1 is 1.33 bits per heavy atom. The first-order chi connectivity index (χ1) is 4.29. The molecule has 0 spiro atoms. The van der Waals surface area contributed by atoms with Gasteiger partial charge in [0, 0.05) is 0 Å². The van der Waals surface area contributed by atoms with Gasteiger partial charge >= 0.3 is 0 Å². The third kappa shape index (κ3) is 0.799. The van der Waals surface area contributed by atoms with E-state index >= 15 is 0 Å². The number of aliphatic hydroxyl groups is 1. The van der Waals surface area contributed by atoms with E-state index in [1.165, 1.54) is 12.8 Å². The van der Waals surface area contributed by atoms with Crippen LogP contribution in [0.15, 0.2) is 12.2 Å². The third-order valence-corrected chi connectivity index (χ3v) is 2.57. The van der Waals surface area contributed by atoms with E-state index in [1.54, 1.807) is 0 Å². The lowest BCUT2D eigenvalue weighted by atomic mass is 9.73. The molecule has 0 aromatic heterocycles. The van der Waals surface area contributed by atoms with Crippen molar-refractivity contribution >= 4 is 0 Å². The molecule has 0 heterocycles. The zero-order chi connectivity index (χ0) is 6.32. The molecule has 2 bridgehead atoms. The molecule has 1 fully saturated rings. The van der Waals surface area contributed by atoms with Gasteiger partial charge in [0.2, 0.25) is 0 Å². The largest absolute Gasteiger partial charge is 0.386 e. The first-order valence-corrected chi connectivity index (χ1v) is 3.70. The van der Waals surface area contributed by atoms with Gasteiger partial charge in [0.05, 0.1) is 5.60 Å². The van der Waals surface area contributed by atoms with Gasteiger partial charge < -0.3 is 5.11 Å². The molecule has 0 radical (unpaired) electrons. The predicted molar refractivity (Wildman–Crippen MR) is 36.0 cm³/mol. The Morgan fingerprint density at radius 2 is 2.00 bits per heavy atom. The normalized spacial score (nSPS) is 47.9. The van der Waals surface area contributed by atoms with Gasteiger partial charge in [-0.25, -0.2) is 0 Å². The summed E-state index contributed by atoms with van der Waals surface area (Å²) in [5, 5.41) is 9.63. The van der Waals surface area contributed by atoms with Gasteiger partial charge in [0.15, 0.2) is 0 Å². The maximum atomic E-state index is 9.63. The number of hydrogen-bond acceptors (Lipinski definition) is 1. The smallest absolute Gasteiger partial charge is 0.0828 e. The fourth-order valence-corrected chi connectivity index (χ4v) is 1.81. The summed E-state index contributed by atoms with van der Waals surface area (Å²) < 4.78 is 0. The summed E-state index contributed by atoms with van der Waals surface area (Å²) in [5.41, 5.74) is -0.394. The summed E-state index contributed by atoms with van der Waals surface area (Å²) >= 11 is 0. The molecule has 0 aromatic carbocycles. The van der Waals surface area contributed by atoms with Gasteiger partial charge in [-0.05, 0) is 31.6 Å². The van der Waals surface area contributed by atoms with Crippen LogP contribution in [-0.4, -0.2) is 10.7 Å². The van der Waals surface area contributed by atoms with E-state index in [0.29, 0.717) is 0 Å². The lowest BCUT2D eigenvalue weighted by Crippen LogP contribution is -2.35. The van der Waals surface area contributed by atoms with Gasteiger partial charge in [-0.1, -0.05) is 12.2 Å². The molecule has 0 aliphatic heterocycles. The predicted octanol–water partition coefficient (Wildman–Crippen LogP) is 1.48. The molecule has 0 unspecified atom stereocenters. The lowest BCUT2D eigenvalue weighted by molar-refractivity contribution is 0.0300. The quantitative estimate of drug-likeness (QED) is 0.485. The monoisotopic (exact) mass is 124 g/mol. The Morgan fingerprint density at radius 3 is 2.22 bits per heavy atom. The van der Waals surface area contributed by atoms with Crippen LogP contribution in [0.3, 0.4) is 0 Å². The van der Waals surface area contributed by atoms with Gasteiger partial charge in [0.1, 0.15) is 0 Å². The van der Waals surface area contributed by atoms with Crippen LogP contribution in [0.5, 0.6) is 0 Å². The molecule has 1 heteroatoms. The Kier molecular flexibility index (Phi) is 0.974. The van der Waals surface area contributed by atoms with E-state index in [-0.39, 0.29) is 0 Å². The first-order valence-electron chi connectivity index (χ1n) is 3.70. The van der Waals surface area contributed by atoms with Crippen molar-refractivity contribution in [2.45, 2.75) is 31.3 Å². The highest BCUT2D eigenvalue weighted by Crippen LogP contribution is 2.38. The van der Waals surface area contributed by atoms with Crippen molar-refractivity contribution in [1.29, 1.82) is 0 Å². The van der Waals surface area contributed by atoms with Crippen molar-refractivity contribution in [1.82, 2.24) is 0 Å². The summed E-state index contributed by atoms with van der Waals surface area (Å²) in [6.07, 6.45) is 8.56. The second kappa shape index (κ2) is 1.60. The second-order valence-corrected chi connectivity index (χ2v) is 3.30. The molecule has 50 valence electrons. The minimum atomic E-state index is -0.394. The maximum Gasteiger partial charge on any atom is 0.0828 e. The van der Waals surface area contributed by atoms with Gasteiger partial charge in [0.25, 0.3) is 0 Å². The molecule has 0 atom stereocenters. The van der Waals surface area contributed by atoms with Crippen LogP contribution in [0, 0.1) is 5.92 Å². The van der Waals surface area contributed by atoms with E-state index in [1.807, 2.05) is 6.08 Å². The number of allylic oxidation sites excluding steroid dienone is 1. The van der Waals surface area contributed by atoms with Crippen molar-refractivity contribution in [2.24, 2.45) is 5.92 Å². The Hall–Kier alpha value is -0.300. The van der Waals surface area contributed by atoms with Gasteiger partial charge in [-0.15, -0.1) is 0 Å². The van der Waals surface area contributed by atoms with Crippen LogP contribution in [-0.2, 0) is 0 Å². The van der Waals surface area contributed by atoms with Gasteiger partial charge in [-0.2, -0.15) is 0 Å². The Bertz CT molecular complexity index is 141. The van der Waals surface area contributed by atoms with Crippen molar-refractivity contribution in [3.8, 4) is 0 Å². The number of rotatable bonds is 0. The van der Waals surface area contributed by atoms with E-state index in [4.69, 9.17) is 0 Å². The molecule has 0 amide bonds. The number of hydrogen-bond donors (Lipinski definition) is 1. The van der Waals surface area contributed by atoms with Crippen molar-refractivity contribution < 1.29 is 5.11 Å². The maximum absolute atomic E-state index is 9.63. The summed E-state index contributed by atoms with van der Waals surface area (Å²) in [4.78, 5) is 0. The SMILES string of the molecule is OC12C=CC(CC1)CC2. The molecular weight excluding hydrogens is 112 g/mol. The van der Waals surface area contributed by atoms with Crippen molar-refractivity contribution in [3.63, 3.8) is 0 Å². The molecule has 0 aromatic rings. The molecule has 1 saturated carbocycles. The highest BCUT2D eigenvalue weighted by atomic mass is 16.3. The highest BCUT2D eigenvalue weighted by Gasteiger charge is 2.33. The average molecular weight is 124 g/mol. The Labute approximate surface area is 55.4 Å². The van der Waals surface area contributed by atoms with Crippen LogP contribution in [0.25, 0.3) is 0 Å². The molecule has 9 heavy (non-hydrogen) atoms. The molecule has 3 aliphatic carbocycles. The molecule has 1 nitrogen and oxygen atoms in total. The van der Waals surface area contributed by atoms with Crippen LogP contribution in [0.4, 0.5) is 0 Å². The van der Waals surface area contributed by atoms with E-state index in [0.717, 1.165) is 18.8 Å². The molecule has 3 rings (SSSR count). The number of fused-ring (bicyclic) bond motifs is 2. The molecule has 0 saturated heterocycles. The fourth-order valence-electron chi connectivity index (χ4n) is 1.81. The van der Waals surface area contributed by atoms with E-state index < -0.39 is 5.60 Å². The highest BCUT2D eigenvalue weighted by molar-refractivity contribution is 5.12. The Balaban J connectivity index is 2.28. The summed E-state index contributed by atoms with van der Waals surface area (Å²) in [6, 6.07) is 0. The first kappa shape index (κ1) is 5.48. The topological polar surface area (TPSA) is 20.2 Å². The van der Waals surface area contributed by atoms with E-state index in [9.17, 15) is 5.11 Å². The third-order valence-electron chi connectivity index (χ3n) is 2.57. The summed E-state index contributed by atoms with van der Waals surface area (Å²) in [5.74, 6) is 0.791. The van der Waals surface area contributed by atoms with Crippen LogP contribution in [0.2, 0.25) is 0 Å². The second-order valence-electron chi connectivity index (χ2n) is 3.30. The molecule has 3 aliphatic rings. The minimum absolute atomic E-state index is 0.394. The standard InChI is InChI=1S/C8H12O/c9-8-4-1-7(2-5-8)3-6-8/h1,4,7,9H,2-3,5-6H2. The van der Waals surface area contributed by atoms with Crippen LogP contribution < -0.4 is 0 Å². The van der Waals surface area contributed by atoms with Crippen molar-refractivity contribution in [3.05, 3.63) is 12.2 Å². The zero-order valence-electron chi connectivity index (χ0n) is 5.51. The van der Waals surface area contributed by atoms with Crippen LogP contribution in [0.1, 0.15) is 25.7 Å². The molecule has 1 N–H and O–H groups in total. The van der Waals surface area contributed by atoms with Crippen molar-refractivity contribution in [2.75, 3.05) is 0 Å². The zero-order valence-corrected chi connectivity index (χ0v) is 5.51. The molecular formula is C8H12O. The van der Waals surface area contributed by atoms with E-state index in [2.05, 4.69) is 6.08 Å². The summed E-state index contributed by atoms with van der Waals surface area (Å²) in [7, 11) is 0. The lowest BCUT2D eigenvalue weighted by Gasteiger charge is -2.37. The average Bonchev–Trinajstić information content (AvgIpc) is 1.90. The van der Waals surface area contributed by atoms with Crippen LogP contribution >= 0.6 is 0 Å².